The van der Waals surface area contributed by atoms with E-state index in [0.717, 1.165) is 5.75 Å². The summed E-state index contributed by atoms with van der Waals surface area (Å²) >= 11 is 0. The fraction of sp³-hybridized carbons (Fsp3) is 0.700. The Bertz CT molecular complexity index is 475. The molecule has 0 saturated heterocycles. The van der Waals surface area contributed by atoms with Gasteiger partial charge in [0.25, 0.3) is 0 Å². The van der Waals surface area contributed by atoms with Crippen molar-refractivity contribution < 1.29 is 4.74 Å². The number of ether oxygens (including phenoxy) is 1. The topological polar surface area (TPSA) is 35.2 Å². The van der Waals surface area contributed by atoms with Crippen LogP contribution in [0.5, 0.6) is 5.75 Å². The molecule has 0 aliphatic heterocycles. The molecule has 0 amide bonds. The Labute approximate surface area is 137 Å². The van der Waals surface area contributed by atoms with E-state index in [1.807, 2.05) is 0 Å². The van der Waals surface area contributed by atoms with Crippen LogP contribution in [-0.2, 0) is 16.2 Å². The van der Waals surface area contributed by atoms with Crippen molar-refractivity contribution in [3.8, 4) is 5.75 Å². The smallest absolute Gasteiger partial charge is 0.126 e. The van der Waals surface area contributed by atoms with Crippen LogP contribution in [0.1, 0.15) is 79.0 Å². The van der Waals surface area contributed by atoms with Crippen molar-refractivity contribution in [2.75, 3.05) is 13.2 Å². The van der Waals surface area contributed by atoms with Gasteiger partial charge in [-0.2, -0.15) is 0 Å². The van der Waals surface area contributed by atoms with Gasteiger partial charge < -0.3 is 10.5 Å². The molecule has 0 unspecified atom stereocenters. The summed E-state index contributed by atoms with van der Waals surface area (Å²) in [5.41, 5.74) is 9.77. The molecule has 1 rings (SSSR count). The van der Waals surface area contributed by atoms with Gasteiger partial charge in [0.1, 0.15) is 12.4 Å². The van der Waals surface area contributed by atoms with Crippen molar-refractivity contribution in [1.29, 1.82) is 0 Å². The second-order valence-corrected chi connectivity index (χ2v) is 9.29. The summed E-state index contributed by atoms with van der Waals surface area (Å²) < 4.78 is 6.11. The number of rotatable bonds is 3. The van der Waals surface area contributed by atoms with Crippen LogP contribution in [-0.4, -0.2) is 13.2 Å². The fourth-order valence-corrected chi connectivity index (χ4v) is 2.49. The van der Waals surface area contributed by atoms with E-state index in [9.17, 15) is 0 Å². The number of hydrogen-bond acceptors (Lipinski definition) is 2. The maximum Gasteiger partial charge on any atom is 0.126 e. The normalized spacial score (nSPS) is 13.4. The van der Waals surface area contributed by atoms with E-state index in [1.165, 1.54) is 16.7 Å². The lowest BCUT2D eigenvalue weighted by Gasteiger charge is -2.33. The molecule has 0 heterocycles. The van der Waals surface area contributed by atoms with Crippen LogP contribution in [0.15, 0.2) is 12.1 Å². The molecular formula is C20H35NO. The SMILES string of the molecule is CC(C)(C)c1cc(C(C)(C)C)c(OCCN)c(C(C)(C)C)c1. The molecular weight excluding hydrogens is 270 g/mol. The summed E-state index contributed by atoms with van der Waals surface area (Å²) in [5.74, 6) is 1.03. The second-order valence-electron chi connectivity index (χ2n) is 9.29. The van der Waals surface area contributed by atoms with Gasteiger partial charge in [-0.15, -0.1) is 0 Å². The zero-order chi connectivity index (χ0) is 17.3. The molecule has 0 saturated carbocycles. The van der Waals surface area contributed by atoms with Crippen molar-refractivity contribution in [2.45, 2.75) is 78.6 Å². The standard InChI is InChI=1S/C20H35NO/c1-18(2,3)14-12-15(19(4,5)6)17(22-11-10-21)16(13-14)20(7,8)9/h12-13H,10-11,21H2,1-9H3. The van der Waals surface area contributed by atoms with Gasteiger partial charge in [-0.25, -0.2) is 0 Å². The van der Waals surface area contributed by atoms with Gasteiger partial charge >= 0.3 is 0 Å². The highest BCUT2D eigenvalue weighted by atomic mass is 16.5. The van der Waals surface area contributed by atoms with Gasteiger partial charge in [0, 0.05) is 17.7 Å². The molecule has 0 radical (unpaired) electrons. The van der Waals surface area contributed by atoms with Crippen molar-refractivity contribution >= 4 is 0 Å². The molecule has 0 aliphatic rings. The average molecular weight is 306 g/mol. The van der Waals surface area contributed by atoms with Crippen molar-refractivity contribution in [3.05, 3.63) is 28.8 Å². The van der Waals surface area contributed by atoms with E-state index >= 15 is 0 Å². The molecule has 0 atom stereocenters. The predicted molar refractivity (Wildman–Crippen MR) is 97.1 cm³/mol. The Morgan fingerprint density at radius 3 is 1.45 bits per heavy atom. The lowest BCUT2D eigenvalue weighted by molar-refractivity contribution is 0.309. The lowest BCUT2D eigenvalue weighted by Crippen LogP contribution is -2.24. The van der Waals surface area contributed by atoms with E-state index in [4.69, 9.17) is 10.5 Å². The van der Waals surface area contributed by atoms with Gasteiger partial charge in [0.2, 0.25) is 0 Å². The van der Waals surface area contributed by atoms with E-state index in [1.54, 1.807) is 0 Å². The van der Waals surface area contributed by atoms with E-state index < -0.39 is 0 Å². The zero-order valence-electron chi connectivity index (χ0n) is 16.1. The van der Waals surface area contributed by atoms with Gasteiger partial charge in [0.05, 0.1) is 0 Å². The van der Waals surface area contributed by atoms with Crippen LogP contribution in [0.4, 0.5) is 0 Å². The molecule has 2 N–H and O–H groups in total. The lowest BCUT2D eigenvalue weighted by atomic mass is 9.75. The molecule has 1 aromatic carbocycles. The van der Waals surface area contributed by atoms with Gasteiger partial charge in [-0.3, -0.25) is 0 Å². The van der Waals surface area contributed by atoms with Crippen molar-refractivity contribution in [2.24, 2.45) is 5.73 Å². The predicted octanol–water partition coefficient (Wildman–Crippen LogP) is 4.92. The third-order valence-electron chi connectivity index (χ3n) is 3.94. The van der Waals surface area contributed by atoms with E-state index in [2.05, 4.69) is 74.4 Å². The number of hydrogen-bond donors (Lipinski definition) is 1. The first-order chi connectivity index (χ1) is 9.78. The Kier molecular flexibility index (Phi) is 5.39. The minimum atomic E-state index is 0.0329. The van der Waals surface area contributed by atoms with Crippen molar-refractivity contribution in [3.63, 3.8) is 0 Å². The second kappa shape index (κ2) is 6.23. The third-order valence-corrected chi connectivity index (χ3v) is 3.94. The van der Waals surface area contributed by atoms with Crippen LogP contribution < -0.4 is 10.5 Å². The van der Waals surface area contributed by atoms with Crippen LogP contribution >= 0.6 is 0 Å². The summed E-state index contributed by atoms with van der Waals surface area (Å²) in [7, 11) is 0. The molecule has 0 spiro atoms. The Hall–Kier alpha value is -1.02. The van der Waals surface area contributed by atoms with Crippen LogP contribution in [0, 0.1) is 0 Å². The number of benzene rings is 1. The molecule has 22 heavy (non-hydrogen) atoms. The summed E-state index contributed by atoms with van der Waals surface area (Å²) in [6.45, 7) is 21.4. The molecule has 0 bridgehead atoms. The van der Waals surface area contributed by atoms with Crippen LogP contribution in [0.25, 0.3) is 0 Å². The highest BCUT2D eigenvalue weighted by molar-refractivity contribution is 5.52. The highest BCUT2D eigenvalue weighted by Gasteiger charge is 2.30. The highest BCUT2D eigenvalue weighted by Crippen LogP contribution is 2.42. The summed E-state index contributed by atoms with van der Waals surface area (Å²) in [5, 5.41) is 0. The van der Waals surface area contributed by atoms with Crippen LogP contribution in [0.2, 0.25) is 0 Å². The monoisotopic (exact) mass is 305 g/mol. The van der Waals surface area contributed by atoms with Crippen molar-refractivity contribution in [1.82, 2.24) is 0 Å². The minimum Gasteiger partial charge on any atom is -0.492 e. The third kappa shape index (κ3) is 4.49. The zero-order valence-corrected chi connectivity index (χ0v) is 16.1. The Morgan fingerprint density at radius 1 is 0.773 bits per heavy atom. The molecule has 2 nitrogen and oxygen atoms in total. The Morgan fingerprint density at radius 2 is 1.18 bits per heavy atom. The average Bonchev–Trinajstić information content (AvgIpc) is 2.31. The molecule has 126 valence electrons. The van der Waals surface area contributed by atoms with Gasteiger partial charge in [-0.1, -0.05) is 74.4 Å². The molecule has 0 aromatic heterocycles. The Balaban J connectivity index is 3.70. The number of nitrogens with two attached hydrogens (primary N) is 1. The summed E-state index contributed by atoms with van der Waals surface area (Å²) in [6, 6.07) is 4.64. The molecule has 0 aliphatic carbocycles. The first kappa shape index (κ1) is 19.0. The van der Waals surface area contributed by atoms with Gasteiger partial charge in [0.15, 0.2) is 0 Å². The molecule has 0 fully saturated rings. The largest absolute Gasteiger partial charge is 0.492 e. The maximum absolute atomic E-state index is 6.11. The van der Waals surface area contributed by atoms with E-state index in [0.29, 0.717) is 13.2 Å². The van der Waals surface area contributed by atoms with Gasteiger partial charge in [-0.05, 0) is 21.8 Å². The molecule has 1 aromatic rings. The van der Waals surface area contributed by atoms with Crippen LogP contribution in [0.3, 0.4) is 0 Å². The molecule has 2 heteroatoms. The minimum absolute atomic E-state index is 0.0329. The maximum atomic E-state index is 6.11. The first-order valence-corrected chi connectivity index (χ1v) is 8.31. The fourth-order valence-electron chi connectivity index (χ4n) is 2.49. The van der Waals surface area contributed by atoms with E-state index in [-0.39, 0.29) is 16.2 Å². The first-order valence-electron chi connectivity index (χ1n) is 8.31. The summed E-state index contributed by atoms with van der Waals surface area (Å²) in [6.07, 6.45) is 0. The quantitative estimate of drug-likeness (QED) is 0.860. The summed E-state index contributed by atoms with van der Waals surface area (Å²) in [4.78, 5) is 0.